The Hall–Kier alpha value is -1.60. The summed E-state index contributed by atoms with van der Waals surface area (Å²) >= 11 is 2.18. The molecular weight excluding hydrogens is 403 g/mol. The van der Waals surface area contributed by atoms with Gasteiger partial charge in [-0.25, -0.2) is 0 Å². The van der Waals surface area contributed by atoms with E-state index in [0.717, 1.165) is 41.0 Å². The van der Waals surface area contributed by atoms with E-state index in [9.17, 15) is 4.79 Å². The molecule has 3 rings (SSSR count). The van der Waals surface area contributed by atoms with Crippen LogP contribution in [0.5, 0.6) is 0 Å². The highest BCUT2D eigenvalue weighted by Gasteiger charge is 2.11. The zero-order chi connectivity index (χ0) is 16.1. The predicted molar refractivity (Wildman–Crippen MR) is 99.8 cm³/mol. The lowest BCUT2D eigenvalue weighted by Crippen LogP contribution is -2.36. The topological polar surface area (TPSA) is 41.6 Å². The van der Waals surface area contributed by atoms with Gasteiger partial charge in [-0.2, -0.15) is 0 Å². The van der Waals surface area contributed by atoms with Crippen LogP contribution >= 0.6 is 22.6 Å². The van der Waals surface area contributed by atoms with E-state index in [2.05, 4.69) is 57.1 Å². The Balaban J connectivity index is 1.58. The van der Waals surface area contributed by atoms with Gasteiger partial charge in [0.05, 0.1) is 18.8 Å². The molecule has 2 aromatic rings. The fraction of sp³-hybridized carbons (Fsp3) is 0.278. The molecule has 0 unspecified atom stereocenters. The fourth-order valence-electron chi connectivity index (χ4n) is 2.57. The maximum atomic E-state index is 12.2. The molecule has 1 N–H and O–H groups in total. The first-order chi connectivity index (χ1) is 11.2. The number of benzene rings is 2. The van der Waals surface area contributed by atoms with Gasteiger partial charge in [0.1, 0.15) is 0 Å². The molecule has 23 heavy (non-hydrogen) atoms. The van der Waals surface area contributed by atoms with Gasteiger partial charge < -0.3 is 15.0 Å². The van der Waals surface area contributed by atoms with Crippen LogP contribution in [0.4, 0.5) is 5.69 Å². The molecule has 2 aromatic carbocycles. The van der Waals surface area contributed by atoms with Crippen LogP contribution in [-0.4, -0.2) is 32.2 Å². The first-order valence-corrected chi connectivity index (χ1v) is 8.76. The van der Waals surface area contributed by atoms with E-state index in [1.165, 1.54) is 5.69 Å². The van der Waals surface area contributed by atoms with Gasteiger partial charge in [-0.15, -0.1) is 0 Å². The van der Waals surface area contributed by atoms with Crippen molar-refractivity contribution in [3.8, 4) is 0 Å². The van der Waals surface area contributed by atoms with E-state index in [1.54, 1.807) is 0 Å². The van der Waals surface area contributed by atoms with Crippen molar-refractivity contribution in [3.63, 3.8) is 0 Å². The summed E-state index contributed by atoms with van der Waals surface area (Å²) in [6.45, 7) is 3.97. The second-order valence-electron chi connectivity index (χ2n) is 5.43. The van der Waals surface area contributed by atoms with Gasteiger partial charge in [0.25, 0.3) is 5.91 Å². The number of nitrogens with one attached hydrogen (secondary N) is 1. The molecular formula is C18H19IN2O2. The number of halogens is 1. The lowest BCUT2D eigenvalue weighted by Gasteiger charge is -2.28. The maximum Gasteiger partial charge on any atom is 0.252 e. The third-order valence-corrected chi connectivity index (χ3v) is 4.82. The highest BCUT2D eigenvalue weighted by atomic mass is 127. The molecule has 1 fully saturated rings. The Bertz CT molecular complexity index is 667. The fourth-order valence-corrected chi connectivity index (χ4v) is 3.20. The number of carbonyl (C=O) groups excluding carboxylic acids is 1. The van der Waals surface area contributed by atoms with Crippen LogP contribution in [0.2, 0.25) is 0 Å². The summed E-state index contributed by atoms with van der Waals surface area (Å²) < 4.78 is 6.33. The minimum atomic E-state index is -0.0349. The average molecular weight is 422 g/mol. The van der Waals surface area contributed by atoms with E-state index in [-0.39, 0.29) is 5.91 Å². The second-order valence-corrected chi connectivity index (χ2v) is 6.59. The smallest absolute Gasteiger partial charge is 0.252 e. The number of carbonyl (C=O) groups is 1. The molecule has 1 heterocycles. The summed E-state index contributed by atoms with van der Waals surface area (Å²) in [5.41, 5.74) is 3.03. The number of nitrogens with zero attached hydrogens (tertiary/aromatic N) is 1. The minimum absolute atomic E-state index is 0.0349. The van der Waals surface area contributed by atoms with Gasteiger partial charge in [-0.3, -0.25) is 4.79 Å². The van der Waals surface area contributed by atoms with Gasteiger partial charge in [0.15, 0.2) is 0 Å². The van der Waals surface area contributed by atoms with E-state index in [4.69, 9.17) is 4.74 Å². The van der Waals surface area contributed by atoms with Crippen molar-refractivity contribution in [2.24, 2.45) is 0 Å². The Labute approximate surface area is 150 Å². The number of morpholine rings is 1. The number of amides is 1. The molecule has 1 amide bonds. The van der Waals surface area contributed by atoms with Crippen molar-refractivity contribution in [3.05, 3.63) is 63.2 Å². The highest BCUT2D eigenvalue weighted by molar-refractivity contribution is 14.1. The van der Waals surface area contributed by atoms with Gasteiger partial charge >= 0.3 is 0 Å². The first kappa shape index (κ1) is 16.3. The molecule has 1 aliphatic rings. The van der Waals surface area contributed by atoms with Gasteiger partial charge in [-0.1, -0.05) is 24.3 Å². The van der Waals surface area contributed by atoms with E-state index >= 15 is 0 Å². The van der Waals surface area contributed by atoms with Crippen molar-refractivity contribution < 1.29 is 9.53 Å². The van der Waals surface area contributed by atoms with Crippen LogP contribution in [0.15, 0.2) is 48.5 Å². The van der Waals surface area contributed by atoms with Crippen LogP contribution in [0.25, 0.3) is 0 Å². The van der Waals surface area contributed by atoms with E-state index < -0.39 is 0 Å². The van der Waals surface area contributed by atoms with Crippen LogP contribution in [0.1, 0.15) is 15.9 Å². The van der Waals surface area contributed by atoms with Crippen molar-refractivity contribution in [1.29, 1.82) is 0 Å². The molecule has 0 atom stereocenters. The van der Waals surface area contributed by atoms with Gasteiger partial charge in [-0.05, 0) is 52.4 Å². The molecule has 120 valence electrons. The van der Waals surface area contributed by atoms with Crippen molar-refractivity contribution in [2.75, 3.05) is 31.2 Å². The average Bonchev–Trinajstić information content (AvgIpc) is 2.61. The van der Waals surface area contributed by atoms with Crippen LogP contribution < -0.4 is 10.2 Å². The molecule has 5 heteroatoms. The molecule has 0 saturated carbocycles. The summed E-state index contributed by atoms with van der Waals surface area (Å²) in [7, 11) is 0. The normalized spacial score (nSPS) is 14.6. The van der Waals surface area contributed by atoms with E-state index in [0.29, 0.717) is 6.54 Å². The molecule has 1 aliphatic heterocycles. The summed E-state index contributed by atoms with van der Waals surface area (Å²) in [5, 5.41) is 2.98. The zero-order valence-corrected chi connectivity index (χ0v) is 15.0. The van der Waals surface area contributed by atoms with Gasteiger partial charge in [0, 0.05) is 28.9 Å². The van der Waals surface area contributed by atoms with E-state index in [1.807, 2.05) is 24.3 Å². The summed E-state index contributed by atoms with van der Waals surface area (Å²) in [6, 6.07) is 16.0. The molecule has 0 aromatic heterocycles. The predicted octanol–water partition coefficient (Wildman–Crippen LogP) is 3.06. The Morgan fingerprint density at radius 3 is 2.48 bits per heavy atom. The number of anilines is 1. The number of ether oxygens (including phenoxy) is 1. The second kappa shape index (κ2) is 7.79. The van der Waals surface area contributed by atoms with Crippen LogP contribution in [0, 0.1) is 3.57 Å². The number of hydrogen-bond acceptors (Lipinski definition) is 3. The van der Waals surface area contributed by atoms with Crippen LogP contribution in [-0.2, 0) is 11.3 Å². The third-order valence-electron chi connectivity index (χ3n) is 3.88. The standard InChI is InChI=1S/C18H19IN2O2/c19-17-4-2-1-3-16(17)18(22)20-13-14-5-7-15(8-6-14)21-9-11-23-12-10-21/h1-8H,9-13H2,(H,20,22). The monoisotopic (exact) mass is 422 g/mol. The number of hydrogen-bond donors (Lipinski definition) is 1. The van der Waals surface area contributed by atoms with Crippen molar-refractivity contribution in [2.45, 2.75) is 6.54 Å². The number of rotatable bonds is 4. The van der Waals surface area contributed by atoms with Crippen molar-refractivity contribution >= 4 is 34.2 Å². The largest absolute Gasteiger partial charge is 0.378 e. The molecule has 0 aliphatic carbocycles. The third kappa shape index (κ3) is 4.23. The lowest BCUT2D eigenvalue weighted by atomic mass is 10.1. The zero-order valence-electron chi connectivity index (χ0n) is 12.8. The molecule has 0 radical (unpaired) electrons. The first-order valence-electron chi connectivity index (χ1n) is 7.68. The van der Waals surface area contributed by atoms with Crippen LogP contribution in [0.3, 0.4) is 0 Å². The molecule has 0 spiro atoms. The van der Waals surface area contributed by atoms with Gasteiger partial charge in [0.2, 0.25) is 0 Å². The van der Waals surface area contributed by atoms with Crippen molar-refractivity contribution in [1.82, 2.24) is 5.32 Å². The minimum Gasteiger partial charge on any atom is -0.378 e. The highest BCUT2D eigenvalue weighted by Crippen LogP contribution is 2.17. The lowest BCUT2D eigenvalue weighted by molar-refractivity contribution is 0.0950. The Morgan fingerprint density at radius 1 is 1.09 bits per heavy atom. The molecule has 1 saturated heterocycles. The summed E-state index contributed by atoms with van der Waals surface area (Å²) in [5.74, 6) is -0.0349. The Morgan fingerprint density at radius 2 is 1.78 bits per heavy atom. The SMILES string of the molecule is O=C(NCc1ccc(N2CCOCC2)cc1)c1ccccc1I. The summed E-state index contributed by atoms with van der Waals surface area (Å²) in [6.07, 6.45) is 0. The molecule has 4 nitrogen and oxygen atoms in total. The quantitative estimate of drug-likeness (QED) is 0.771. The maximum absolute atomic E-state index is 12.2. The molecule has 0 bridgehead atoms. The summed E-state index contributed by atoms with van der Waals surface area (Å²) in [4.78, 5) is 14.5. The Kier molecular flexibility index (Phi) is 5.51.